The van der Waals surface area contributed by atoms with Crippen LogP contribution in [0.4, 0.5) is 8.78 Å². The number of thiophene rings is 1. The molecule has 0 aliphatic rings. The van der Waals surface area contributed by atoms with Gasteiger partial charge in [0.1, 0.15) is 0 Å². The van der Waals surface area contributed by atoms with Crippen LogP contribution in [0.1, 0.15) is 23.4 Å². The topological polar surface area (TPSA) is 12.0 Å². The highest BCUT2D eigenvalue weighted by Crippen LogP contribution is 2.35. The lowest BCUT2D eigenvalue weighted by molar-refractivity contribution is 0.499. The monoisotopic (exact) mass is 365 g/mol. The summed E-state index contributed by atoms with van der Waals surface area (Å²) in [6.07, 6.45) is 0. The Morgan fingerprint density at radius 1 is 1.32 bits per heavy atom. The average Bonchev–Trinajstić information content (AvgIpc) is 2.81. The van der Waals surface area contributed by atoms with Crippen LogP contribution in [0.25, 0.3) is 0 Å². The molecule has 1 aromatic carbocycles. The fourth-order valence-corrected chi connectivity index (χ4v) is 3.52. The van der Waals surface area contributed by atoms with E-state index in [4.69, 9.17) is 11.6 Å². The Hall–Kier alpha value is -0.490. The second-order valence-corrected chi connectivity index (χ2v) is 6.44. The van der Waals surface area contributed by atoms with Crippen LogP contribution in [0.3, 0.4) is 0 Å². The summed E-state index contributed by atoms with van der Waals surface area (Å²) in [7, 11) is 0. The lowest BCUT2D eigenvalue weighted by Crippen LogP contribution is -2.21. The molecule has 2 aromatic rings. The quantitative estimate of drug-likeness (QED) is 0.739. The van der Waals surface area contributed by atoms with Crippen molar-refractivity contribution in [2.75, 3.05) is 6.54 Å². The van der Waals surface area contributed by atoms with E-state index in [2.05, 4.69) is 21.2 Å². The van der Waals surface area contributed by atoms with Crippen molar-refractivity contribution in [2.24, 2.45) is 0 Å². The van der Waals surface area contributed by atoms with Gasteiger partial charge < -0.3 is 5.32 Å². The second-order valence-electron chi connectivity index (χ2n) is 3.90. The third kappa shape index (κ3) is 3.16. The minimum absolute atomic E-state index is 0.142. The molecular weight excluding hydrogens is 356 g/mol. The zero-order valence-corrected chi connectivity index (χ0v) is 13.2. The summed E-state index contributed by atoms with van der Waals surface area (Å²) in [6, 6.07) is 6.17. The lowest BCUT2D eigenvalue weighted by Gasteiger charge is -2.18. The number of halogens is 4. The van der Waals surface area contributed by atoms with Crippen LogP contribution in [-0.4, -0.2) is 6.54 Å². The normalized spacial score (nSPS) is 12.7. The molecule has 0 aliphatic heterocycles. The molecule has 1 nitrogen and oxygen atoms in total. The maximum absolute atomic E-state index is 13.6. The summed E-state index contributed by atoms with van der Waals surface area (Å²) in [5.41, 5.74) is 0.652. The van der Waals surface area contributed by atoms with E-state index in [1.807, 2.05) is 13.0 Å². The van der Waals surface area contributed by atoms with E-state index in [1.54, 1.807) is 12.1 Å². The SMILES string of the molecule is CCNC(c1ccc(Cl)s1)c1ccc(F)c(F)c1Br. The van der Waals surface area contributed by atoms with Crippen LogP contribution in [0.15, 0.2) is 28.7 Å². The van der Waals surface area contributed by atoms with E-state index < -0.39 is 11.6 Å². The standard InChI is InChI=1S/C13H11BrClF2NS/c1-2-18-13(9-5-6-10(15)19-9)7-3-4-8(16)12(17)11(7)14/h3-6,13,18H,2H2,1H3. The molecule has 1 atom stereocenters. The molecule has 1 N–H and O–H groups in total. The van der Waals surface area contributed by atoms with Gasteiger partial charge in [0.05, 0.1) is 14.9 Å². The van der Waals surface area contributed by atoms with Crippen molar-refractivity contribution < 1.29 is 8.78 Å². The van der Waals surface area contributed by atoms with E-state index in [0.29, 0.717) is 16.4 Å². The first kappa shape index (κ1) is 14.9. The van der Waals surface area contributed by atoms with Crippen LogP contribution >= 0.6 is 38.9 Å². The lowest BCUT2D eigenvalue weighted by atomic mass is 10.0. The summed E-state index contributed by atoms with van der Waals surface area (Å²) in [6.45, 7) is 2.65. The third-order valence-corrected chi connectivity index (χ3v) is 4.76. The van der Waals surface area contributed by atoms with Crippen LogP contribution in [0, 0.1) is 11.6 Å². The van der Waals surface area contributed by atoms with Crippen molar-refractivity contribution >= 4 is 38.9 Å². The molecule has 0 aliphatic carbocycles. The highest BCUT2D eigenvalue weighted by atomic mass is 79.9. The molecule has 0 saturated carbocycles. The maximum atomic E-state index is 13.6. The first-order valence-corrected chi connectivity index (χ1v) is 7.65. The van der Waals surface area contributed by atoms with Gasteiger partial charge in [-0.05, 0) is 46.2 Å². The van der Waals surface area contributed by atoms with E-state index in [1.165, 1.54) is 11.3 Å². The second kappa shape index (κ2) is 6.31. The molecule has 0 fully saturated rings. The molecule has 1 unspecified atom stereocenters. The fourth-order valence-electron chi connectivity index (χ4n) is 1.82. The van der Waals surface area contributed by atoms with Gasteiger partial charge in [-0.1, -0.05) is 24.6 Å². The summed E-state index contributed by atoms with van der Waals surface area (Å²) in [5, 5.41) is 3.25. The Labute approximate surface area is 127 Å². The number of hydrogen-bond acceptors (Lipinski definition) is 2. The third-order valence-electron chi connectivity index (χ3n) is 2.66. The highest BCUT2D eigenvalue weighted by Gasteiger charge is 2.21. The van der Waals surface area contributed by atoms with Crippen LogP contribution in [0.2, 0.25) is 4.34 Å². The van der Waals surface area contributed by atoms with Crippen molar-refractivity contribution in [1.29, 1.82) is 0 Å². The van der Waals surface area contributed by atoms with Crippen LogP contribution in [0.5, 0.6) is 0 Å². The van der Waals surface area contributed by atoms with Gasteiger partial charge in [-0.25, -0.2) is 8.78 Å². The van der Waals surface area contributed by atoms with Crippen LogP contribution in [-0.2, 0) is 0 Å². The molecule has 1 aromatic heterocycles. The van der Waals surface area contributed by atoms with E-state index in [-0.39, 0.29) is 10.5 Å². The Bertz CT molecular complexity index is 588. The van der Waals surface area contributed by atoms with Crippen LogP contribution < -0.4 is 5.32 Å². The number of rotatable bonds is 4. The Morgan fingerprint density at radius 2 is 2.05 bits per heavy atom. The van der Waals surface area contributed by atoms with Crippen molar-refractivity contribution in [3.63, 3.8) is 0 Å². The Balaban J connectivity index is 2.48. The minimum atomic E-state index is -0.872. The summed E-state index contributed by atoms with van der Waals surface area (Å²) < 4.78 is 27.6. The molecule has 6 heteroatoms. The van der Waals surface area contributed by atoms with Crippen molar-refractivity contribution in [1.82, 2.24) is 5.32 Å². The summed E-state index contributed by atoms with van der Waals surface area (Å²) in [5.74, 6) is -1.74. The van der Waals surface area contributed by atoms with Crippen molar-refractivity contribution in [3.05, 3.63) is 55.1 Å². The smallest absolute Gasteiger partial charge is 0.173 e. The van der Waals surface area contributed by atoms with Gasteiger partial charge in [-0.3, -0.25) is 0 Å². The zero-order valence-electron chi connectivity index (χ0n) is 10.0. The molecule has 1 heterocycles. The predicted molar refractivity (Wildman–Crippen MR) is 78.9 cm³/mol. The van der Waals surface area contributed by atoms with Gasteiger partial charge in [0.2, 0.25) is 0 Å². The first-order valence-electron chi connectivity index (χ1n) is 5.66. The highest BCUT2D eigenvalue weighted by molar-refractivity contribution is 9.10. The molecule has 2 rings (SSSR count). The van der Waals surface area contributed by atoms with Gasteiger partial charge >= 0.3 is 0 Å². The fraction of sp³-hybridized carbons (Fsp3) is 0.231. The zero-order chi connectivity index (χ0) is 14.0. The number of benzene rings is 1. The molecule has 19 heavy (non-hydrogen) atoms. The molecule has 0 saturated heterocycles. The summed E-state index contributed by atoms with van der Waals surface area (Å²) in [4.78, 5) is 0.957. The molecule has 102 valence electrons. The average molecular weight is 367 g/mol. The van der Waals surface area contributed by atoms with Crippen molar-refractivity contribution in [2.45, 2.75) is 13.0 Å². The van der Waals surface area contributed by atoms with Crippen molar-refractivity contribution in [3.8, 4) is 0 Å². The van der Waals surface area contributed by atoms with Gasteiger partial charge in [-0.15, -0.1) is 11.3 Å². The Morgan fingerprint density at radius 3 is 2.63 bits per heavy atom. The summed E-state index contributed by atoms with van der Waals surface area (Å²) >= 11 is 10.5. The predicted octanol–water partition coefficient (Wildman–Crippen LogP) is 5.14. The largest absolute Gasteiger partial charge is 0.306 e. The molecular formula is C13H11BrClF2NS. The van der Waals surface area contributed by atoms with Gasteiger partial charge in [0.15, 0.2) is 11.6 Å². The van der Waals surface area contributed by atoms with Gasteiger partial charge in [0.25, 0.3) is 0 Å². The molecule has 0 amide bonds. The Kier molecular flexibility index (Phi) is 4.95. The van der Waals surface area contributed by atoms with E-state index in [0.717, 1.165) is 10.9 Å². The van der Waals surface area contributed by atoms with E-state index >= 15 is 0 Å². The number of hydrogen-bond donors (Lipinski definition) is 1. The first-order chi connectivity index (χ1) is 9.04. The van der Waals surface area contributed by atoms with E-state index in [9.17, 15) is 8.78 Å². The minimum Gasteiger partial charge on any atom is -0.306 e. The molecule has 0 spiro atoms. The maximum Gasteiger partial charge on any atom is 0.173 e. The molecule has 0 bridgehead atoms. The van der Waals surface area contributed by atoms with Gasteiger partial charge in [0, 0.05) is 4.88 Å². The van der Waals surface area contributed by atoms with Gasteiger partial charge in [-0.2, -0.15) is 0 Å². The number of nitrogens with one attached hydrogen (secondary N) is 1. The molecule has 0 radical (unpaired) electrons.